The number of fused-ring (bicyclic) bond motifs is 1. The second-order valence-corrected chi connectivity index (χ2v) is 6.61. The first-order valence-electron chi connectivity index (χ1n) is 6.62. The van der Waals surface area contributed by atoms with E-state index >= 15 is 0 Å². The molecule has 6 nitrogen and oxygen atoms in total. The molecule has 21 heavy (non-hydrogen) atoms. The summed E-state index contributed by atoms with van der Waals surface area (Å²) in [5.74, 6) is 0.879. The molecule has 1 unspecified atom stereocenters. The van der Waals surface area contributed by atoms with Gasteiger partial charge in [-0.2, -0.15) is 0 Å². The largest absolute Gasteiger partial charge is 0.355 e. The van der Waals surface area contributed by atoms with E-state index in [4.69, 9.17) is 5.73 Å². The van der Waals surface area contributed by atoms with Crippen molar-refractivity contribution in [1.82, 2.24) is 14.7 Å². The van der Waals surface area contributed by atoms with Crippen molar-refractivity contribution in [3.63, 3.8) is 0 Å². The molecule has 1 atom stereocenters. The molecule has 0 aliphatic heterocycles. The lowest BCUT2D eigenvalue weighted by atomic mass is 10.2. The number of hydrogen-bond acceptors (Lipinski definition) is 6. The summed E-state index contributed by atoms with van der Waals surface area (Å²) in [6, 6.07) is 1.61. The Balaban J connectivity index is 1.79. The Bertz CT molecular complexity index is 665. The first-order valence-corrected chi connectivity index (χ1v) is 8.65. The molecule has 2 rings (SSSR count). The van der Waals surface area contributed by atoms with E-state index in [0.717, 1.165) is 6.42 Å². The second-order valence-electron chi connectivity index (χ2n) is 4.75. The standard InChI is InChI=1S/C13H18N4O2S2/c1-9(14)2-3-15-11(18)8-20-7-10-6-12(19)17-4-5-21-13(17)16-10/h4-6,9H,2-3,7-8,14H2,1H3,(H,15,18). The van der Waals surface area contributed by atoms with Crippen molar-refractivity contribution in [2.75, 3.05) is 12.3 Å². The van der Waals surface area contributed by atoms with Crippen LogP contribution in [0.1, 0.15) is 19.0 Å². The van der Waals surface area contributed by atoms with E-state index in [-0.39, 0.29) is 17.5 Å². The number of thiazole rings is 1. The summed E-state index contributed by atoms with van der Waals surface area (Å²) in [5, 5.41) is 4.64. The Morgan fingerprint density at radius 3 is 3.19 bits per heavy atom. The van der Waals surface area contributed by atoms with Crippen molar-refractivity contribution in [3.8, 4) is 0 Å². The third-order valence-corrected chi connectivity index (χ3v) is 4.48. The smallest absolute Gasteiger partial charge is 0.258 e. The number of rotatable bonds is 7. The topological polar surface area (TPSA) is 89.5 Å². The third-order valence-electron chi connectivity index (χ3n) is 2.76. The number of aromatic nitrogens is 2. The number of carbonyl (C=O) groups excluding carboxylic acids is 1. The van der Waals surface area contributed by atoms with Gasteiger partial charge in [0.1, 0.15) is 0 Å². The molecule has 0 fully saturated rings. The summed E-state index contributed by atoms with van der Waals surface area (Å²) < 4.78 is 1.51. The van der Waals surface area contributed by atoms with E-state index in [1.165, 1.54) is 33.6 Å². The van der Waals surface area contributed by atoms with E-state index in [0.29, 0.717) is 28.7 Å². The van der Waals surface area contributed by atoms with Crippen LogP contribution in [0.3, 0.4) is 0 Å². The van der Waals surface area contributed by atoms with Gasteiger partial charge in [-0.1, -0.05) is 0 Å². The van der Waals surface area contributed by atoms with Gasteiger partial charge in [0.2, 0.25) is 5.91 Å². The van der Waals surface area contributed by atoms with Crippen molar-refractivity contribution in [3.05, 3.63) is 33.7 Å². The fourth-order valence-corrected chi connectivity index (χ4v) is 3.19. The number of nitrogens with two attached hydrogens (primary N) is 1. The Labute approximate surface area is 130 Å². The molecule has 114 valence electrons. The maximum Gasteiger partial charge on any atom is 0.258 e. The zero-order valence-corrected chi connectivity index (χ0v) is 13.4. The van der Waals surface area contributed by atoms with Crippen molar-refractivity contribution in [1.29, 1.82) is 0 Å². The summed E-state index contributed by atoms with van der Waals surface area (Å²) in [5.41, 5.74) is 6.23. The minimum atomic E-state index is -0.0850. The monoisotopic (exact) mass is 326 g/mol. The van der Waals surface area contributed by atoms with Crippen molar-refractivity contribution < 1.29 is 4.79 Å². The average Bonchev–Trinajstić information content (AvgIpc) is 2.87. The lowest BCUT2D eigenvalue weighted by molar-refractivity contribution is -0.118. The van der Waals surface area contributed by atoms with Gasteiger partial charge in [-0.15, -0.1) is 23.1 Å². The molecular weight excluding hydrogens is 308 g/mol. The number of amides is 1. The van der Waals surface area contributed by atoms with Gasteiger partial charge in [0, 0.05) is 36.0 Å². The van der Waals surface area contributed by atoms with Crippen molar-refractivity contribution in [2.45, 2.75) is 25.1 Å². The van der Waals surface area contributed by atoms with E-state index in [9.17, 15) is 9.59 Å². The molecule has 0 aliphatic rings. The molecule has 0 bridgehead atoms. The SMILES string of the molecule is CC(N)CCNC(=O)CSCc1cc(=O)n2ccsc2n1. The van der Waals surface area contributed by atoms with Crippen LogP contribution in [0.15, 0.2) is 22.4 Å². The molecular formula is C13H18N4O2S2. The van der Waals surface area contributed by atoms with Crippen LogP contribution in [0.4, 0.5) is 0 Å². The summed E-state index contributed by atoms with van der Waals surface area (Å²) in [7, 11) is 0. The molecule has 3 N–H and O–H groups in total. The molecule has 0 spiro atoms. The second kappa shape index (κ2) is 7.58. The molecule has 0 aliphatic carbocycles. The Morgan fingerprint density at radius 1 is 1.62 bits per heavy atom. The molecule has 0 saturated carbocycles. The van der Waals surface area contributed by atoms with Gasteiger partial charge in [-0.3, -0.25) is 14.0 Å². The van der Waals surface area contributed by atoms with Crippen LogP contribution in [-0.4, -0.2) is 33.6 Å². The molecule has 0 aromatic carbocycles. The highest BCUT2D eigenvalue weighted by atomic mass is 32.2. The number of thioether (sulfide) groups is 1. The third kappa shape index (κ3) is 4.83. The van der Waals surface area contributed by atoms with Crippen LogP contribution in [-0.2, 0) is 10.5 Å². The Kier molecular flexibility index (Phi) is 5.77. The van der Waals surface area contributed by atoms with Crippen LogP contribution in [0.5, 0.6) is 0 Å². The van der Waals surface area contributed by atoms with Crippen molar-refractivity contribution in [2.24, 2.45) is 5.73 Å². The van der Waals surface area contributed by atoms with Crippen LogP contribution in [0.25, 0.3) is 4.96 Å². The van der Waals surface area contributed by atoms with Gasteiger partial charge in [0.15, 0.2) is 4.96 Å². The first kappa shape index (κ1) is 16.0. The van der Waals surface area contributed by atoms with Gasteiger partial charge in [-0.25, -0.2) is 4.98 Å². The highest BCUT2D eigenvalue weighted by Gasteiger charge is 2.06. The molecule has 2 aromatic heterocycles. The van der Waals surface area contributed by atoms with Gasteiger partial charge < -0.3 is 11.1 Å². The predicted octanol–water partition coefficient (Wildman–Crippen LogP) is 0.843. The molecule has 8 heteroatoms. The van der Waals surface area contributed by atoms with E-state index in [1.54, 1.807) is 6.20 Å². The van der Waals surface area contributed by atoms with E-state index in [2.05, 4.69) is 10.3 Å². The van der Waals surface area contributed by atoms with Crippen LogP contribution in [0.2, 0.25) is 0 Å². The van der Waals surface area contributed by atoms with Crippen LogP contribution < -0.4 is 16.6 Å². The van der Waals surface area contributed by atoms with Crippen LogP contribution >= 0.6 is 23.1 Å². The van der Waals surface area contributed by atoms with Crippen molar-refractivity contribution >= 4 is 34.0 Å². The minimum absolute atomic E-state index is 0.0189. The average molecular weight is 326 g/mol. The molecule has 2 aromatic rings. The predicted molar refractivity (Wildman–Crippen MR) is 86.8 cm³/mol. The number of hydrogen-bond donors (Lipinski definition) is 2. The lowest BCUT2D eigenvalue weighted by Gasteiger charge is -2.07. The Hall–Kier alpha value is -1.38. The van der Waals surface area contributed by atoms with Gasteiger partial charge >= 0.3 is 0 Å². The zero-order valence-electron chi connectivity index (χ0n) is 11.7. The maximum atomic E-state index is 11.8. The zero-order chi connectivity index (χ0) is 15.2. The highest BCUT2D eigenvalue weighted by molar-refractivity contribution is 7.99. The Morgan fingerprint density at radius 2 is 2.43 bits per heavy atom. The minimum Gasteiger partial charge on any atom is -0.355 e. The quantitative estimate of drug-likeness (QED) is 0.787. The summed E-state index contributed by atoms with van der Waals surface area (Å²) >= 11 is 2.86. The summed E-state index contributed by atoms with van der Waals surface area (Å²) in [6.07, 6.45) is 2.47. The lowest BCUT2D eigenvalue weighted by Crippen LogP contribution is -2.30. The summed E-state index contributed by atoms with van der Waals surface area (Å²) in [4.78, 5) is 28.5. The molecule has 2 heterocycles. The summed E-state index contributed by atoms with van der Waals surface area (Å²) in [6.45, 7) is 2.50. The molecule has 0 radical (unpaired) electrons. The fourth-order valence-electron chi connectivity index (χ4n) is 1.70. The van der Waals surface area contributed by atoms with Crippen LogP contribution in [0, 0.1) is 0 Å². The van der Waals surface area contributed by atoms with E-state index < -0.39 is 0 Å². The number of carbonyl (C=O) groups is 1. The fraction of sp³-hybridized carbons (Fsp3) is 0.462. The maximum absolute atomic E-state index is 11.8. The highest BCUT2D eigenvalue weighted by Crippen LogP contribution is 2.12. The number of nitrogens with one attached hydrogen (secondary N) is 1. The number of nitrogens with zero attached hydrogens (tertiary/aromatic N) is 2. The molecule has 0 saturated heterocycles. The molecule has 1 amide bonds. The van der Waals surface area contributed by atoms with E-state index in [1.807, 2.05) is 12.3 Å². The van der Waals surface area contributed by atoms with Gasteiger partial charge in [0.05, 0.1) is 11.4 Å². The first-order chi connectivity index (χ1) is 10.1. The normalized spacial score (nSPS) is 12.5. The van der Waals surface area contributed by atoms with Gasteiger partial charge in [0.25, 0.3) is 5.56 Å². The van der Waals surface area contributed by atoms with Gasteiger partial charge in [-0.05, 0) is 13.3 Å².